The molecule has 4 nitrogen and oxygen atoms in total. The van der Waals surface area contributed by atoms with E-state index in [0.29, 0.717) is 5.75 Å². The minimum absolute atomic E-state index is 0.127. The fourth-order valence-corrected chi connectivity index (χ4v) is 4.88. The number of hydrogen-bond acceptors (Lipinski definition) is 4. The third-order valence-corrected chi connectivity index (χ3v) is 6.01. The summed E-state index contributed by atoms with van der Waals surface area (Å²) in [6.07, 6.45) is 4.93. The Balaban J connectivity index is 1.61. The third kappa shape index (κ3) is 3.13. The van der Waals surface area contributed by atoms with Crippen LogP contribution in [0.25, 0.3) is 15.7 Å². The molecule has 0 saturated carbocycles. The van der Waals surface area contributed by atoms with Crippen LogP contribution in [0.3, 0.4) is 0 Å². The third-order valence-electron chi connectivity index (χ3n) is 4.82. The standard InChI is InChI=1S/C20H23NO3S/c1-20(2,3)24-19(23)21-14-4-5-15(21)9-12(8-14)18-11-13-10-16(22)6-7-17(13)25-18/h6-8,10-11,14-15,22H,4-5,9H2,1-3H3. The minimum atomic E-state index is -0.464. The number of phenolic OH excluding ortho intramolecular Hbond substituents is 1. The zero-order valence-corrected chi connectivity index (χ0v) is 15.6. The predicted molar refractivity (Wildman–Crippen MR) is 101 cm³/mol. The molecule has 3 heterocycles. The molecule has 5 heteroatoms. The Kier molecular flexibility index (Phi) is 3.80. The molecule has 132 valence electrons. The molecule has 1 aromatic carbocycles. The second-order valence-corrected chi connectivity index (χ2v) is 9.00. The van der Waals surface area contributed by atoms with Gasteiger partial charge in [-0.15, -0.1) is 11.3 Å². The van der Waals surface area contributed by atoms with E-state index in [0.717, 1.165) is 24.6 Å². The van der Waals surface area contributed by atoms with Gasteiger partial charge in [-0.2, -0.15) is 0 Å². The summed E-state index contributed by atoms with van der Waals surface area (Å²) in [5.41, 5.74) is 0.849. The number of carbonyl (C=O) groups is 1. The van der Waals surface area contributed by atoms with E-state index in [1.54, 1.807) is 23.5 Å². The summed E-state index contributed by atoms with van der Waals surface area (Å²) < 4.78 is 6.77. The molecule has 2 atom stereocenters. The Labute approximate surface area is 151 Å². The number of benzene rings is 1. The molecule has 0 aliphatic carbocycles. The number of ether oxygens (including phenoxy) is 1. The average Bonchev–Trinajstić information content (AvgIpc) is 3.04. The SMILES string of the molecule is CC(C)(C)OC(=O)N1C2C=C(c3cc4cc(O)ccc4s3)CC1CC2. The van der Waals surface area contributed by atoms with E-state index in [4.69, 9.17) is 4.74 Å². The van der Waals surface area contributed by atoms with Crippen molar-refractivity contribution in [3.63, 3.8) is 0 Å². The summed E-state index contributed by atoms with van der Waals surface area (Å²) in [7, 11) is 0. The van der Waals surface area contributed by atoms with Gasteiger partial charge in [0, 0.05) is 15.6 Å². The summed E-state index contributed by atoms with van der Waals surface area (Å²) in [6, 6.07) is 7.99. The molecular weight excluding hydrogens is 334 g/mol. The van der Waals surface area contributed by atoms with Gasteiger partial charge in [0.1, 0.15) is 11.4 Å². The monoisotopic (exact) mass is 357 g/mol. The van der Waals surface area contributed by atoms with Crippen LogP contribution in [-0.2, 0) is 4.74 Å². The quantitative estimate of drug-likeness (QED) is 0.767. The maximum Gasteiger partial charge on any atom is 0.411 e. The van der Waals surface area contributed by atoms with Crippen LogP contribution in [0.5, 0.6) is 5.75 Å². The summed E-state index contributed by atoms with van der Waals surface area (Å²) in [5.74, 6) is 0.297. The molecule has 2 aromatic rings. The van der Waals surface area contributed by atoms with Gasteiger partial charge in [0.2, 0.25) is 0 Å². The van der Waals surface area contributed by atoms with Crippen molar-refractivity contribution in [1.82, 2.24) is 4.90 Å². The van der Waals surface area contributed by atoms with Crippen LogP contribution in [0.4, 0.5) is 4.79 Å². The molecule has 2 aliphatic rings. The van der Waals surface area contributed by atoms with Crippen LogP contribution >= 0.6 is 11.3 Å². The first-order valence-corrected chi connectivity index (χ1v) is 9.57. The molecule has 2 aliphatic heterocycles. The van der Waals surface area contributed by atoms with Crippen molar-refractivity contribution in [2.45, 2.75) is 57.7 Å². The van der Waals surface area contributed by atoms with Crippen LogP contribution in [0.2, 0.25) is 0 Å². The number of hydrogen-bond donors (Lipinski definition) is 1. The van der Waals surface area contributed by atoms with Crippen molar-refractivity contribution in [2.75, 3.05) is 0 Å². The van der Waals surface area contributed by atoms with Gasteiger partial charge < -0.3 is 9.84 Å². The number of aromatic hydroxyl groups is 1. The molecule has 0 spiro atoms. The number of phenols is 1. The molecule has 2 unspecified atom stereocenters. The molecule has 2 bridgehead atoms. The fraction of sp³-hybridized carbons (Fsp3) is 0.450. The van der Waals surface area contributed by atoms with Crippen molar-refractivity contribution in [1.29, 1.82) is 0 Å². The molecule has 1 amide bonds. The molecule has 1 fully saturated rings. The van der Waals surface area contributed by atoms with E-state index in [2.05, 4.69) is 12.1 Å². The molecule has 4 rings (SSSR count). The number of thiophene rings is 1. The van der Waals surface area contributed by atoms with Crippen molar-refractivity contribution >= 4 is 33.1 Å². The van der Waals surface area contributed by atoms with Gasteiger partial charge in [-0.05, 0) is 75.3 Å². The number of carbonyl (C=O) groups excluding carboxylic acids is 1. The van der Waals surface area contributed by atoms with Crippen LogP contribution in [-0.4, -0.2) is 33.8 Å². The fourth-order valence-electron chi connectivity index (χ4n) is 3.80. The van der Waals surface area contributed by atoms with Crippen LogP contribution < -0.4 is 0 Å². The average molecular weight is 357 g/mol. The lowest BCUT2D eigenvalue weighted by Gasteiger charge is -2.35. The Morgan fingerprint density at radius 1 is 1.28 bits per heavy atom. The molecule has 1 aromatic heterocycles. The first-order chi connectivity index (χ1) is 11.8. The second-order valence-electron chi connectivity index (χ2n) is 7.91. The van der Waals surface area contributed by atoms with E-state index in [1.165, 1.54) is 15.2 Å². The molecule has 1 saturated heterocycles. The van der Waals surface area contributed by atoms with E-state index in [1.807, 2.05) is 31.7 Å². The maximum absolute atomic E-state index is 12.5. The predicted octanol–water partition coefficient (Wildman–Crippen LogP) is 5.16. The number of fused-ring (bicyclic) bond motifs is 3. The lowest BCUT2D eigenvalue weighted by molar-refractivity contribution is 0.0175. The summed E-state index contributed by atoms with van der Waals surface area (Å²) in [5, 5.41) is 10.7. The highest BCUT2D eigenvalue weighted by atomic mass is 32.1. The van der Waals surface area contributed by atoms with E-state index >= 15 is 0 Å². The normalized spacial score (nSPS) is 23.0. The zero-order chi connectivity index (χ0) is 17.8. The van der Waals surface area contributed by atoms with Gasteiger partial charge in [-0.25, -0.2) is 4.79 Å². The van der Waals surface area contributed by atoms with Crippen LogP contribution in [0.1, 0.15) is 44.9 Å². The first kappa shape index (κ1) is 16.5. The van der Waals surface area contributed by atoms with Gasteiger partial charge >= 0.3 is 6.09 Å². The van der Waals surface area contributed by atoms with Gasteiger partial charge in [-0.3, -0.25) is 4.90 Å². The lowest BCUT2D eigenvalue weighted by atomic mass is 10.00. The Bertz CT molecular complexity index is 861. The largest absolute Gasteiger partial charge is 0.508 e. The highest BCUT2D eigenvalue weighted by molar-refractivity contribution is 7.20. The number of amides is 1. The van der Waals surface area contributed by atoms with E-state index in [-0.39, 0.29) is 18.2 Å². The van der Waals surface area contributed by atoms with E-state index < -0.39 is 5.60 Å². The lowest BCUT2D eigenvalue weighted by Crippen LogP contribution is -2.45. The zero-order valence-electron chi connectivity index (χ0n) is 14.8. The molecular formula is C20H23NO3S. The topological polar surface area (TPSA) is 49.8 Å². The van der Waals surface area contributed by atoms with Gasteiger partial charge in [0.25, 0.3) is 0 Å². The number of rotatable bonds is 1. The molecule has 0 radical (unpaired) electrons. The smallest absolute Gasteiger partial charge is 0.411 e. The van der Waals surface area contributed by atoms with Crippen molar-refractivity contribution in [3.05, 3.63) is 35.2 Å². The minimum Gasteiger partial charge on any atom is -0.508 e. The van der Waals surface area contributed by atoms with E-state index in [9.17, 15) is 9.90 Å². The Hall–Kier alpha value is -2.01. The summed E-state index contributed by atoms with van der Waals surface area (Å²) in [4.78, 5) is 15.7. The van der Waals surface area contributed by atoms with Gasteiger partial charge in [-0.1, -0.05) is 6.08 Å². The van der Waals surface area contributed by atoms with Crippen molar-refractivity contribution < 1.29 is 14.6 Å². The van der Waals surface area contributed by atoms with Crippen LogP contribution in [0.15, 0.2) is 30.3 Å². The summed E-state index contributed by atoms with van der Waals surface area (Å²) >= 11 is 1.75. The maximum atomic E-state index is 12.5. The molecule has 1 N–H and O–H groups in total. The Morgan fingerprint density at radius 2 is 2.08 bits per heavy atom. The highest BCUT2D eigenvalue weighted by Gasteiger charge is 2.41. The molecule has 25 heavy (non-hydrogen) atoms. The Morgan fingerprint density at radius 3 is 2.80 bits per heavy atom. The highest BCUT2D eigenvalue weighted by Crippen LogP contribution is 2.42. The van der Waals surface area contributed by atoms with Gasteiger partial charge in [0.05, 0.1) is 6.04 Å². The summed E-state index contributed by atoms with van der Waals surface area (Å²) in [6.45, 7) is 5.72. The van der Waals surface area contributed by atoms with Crippen molar-refractivity contribution in [3.8, 4) is 5.75 Å². The number of nitrogens with zero attached hydrogens (tertiary/aromatic N) is 1. The first-order valence-electron chi connectivity index (χ1n) is 8.75. The van der Waals surface area contributed by atoms with Crippen LogP contribution in [0, 0.1) is 0 Å². The van der Waals surface area contributed by atoms with Gasteiger partial charge in [0.15, 0.2) is 0 Å². The van der Waals surface area contributed by atoms with Crippen molar-refractivity contribution in [2.24, 2.45) is 0 Å². The second kappa shape index (κ2) is 5.77.